The summed E-state index contributed by atoms with van der Waals surface area (Å²) < 4.78 is 0. The normalized spacial score (nSPS) is 14.0. The van der Waals surface area contributed by atoms with E-state index >= 15 is 0 Å². The maximum absolute atomic E-state index is 12.6. The van der Waals surface area contributed by atoms with Crippen LogP contribution in [0, 0.1) is 6.92 Å². The van der Waals surface area contributed by atoms with Crippen LogP contribution in [0.5, 0.6) is 0 Å². The zero-order valence-corrected chi connectivity index (χ0v) is 17.0. The predicted molar refractivity (Wildman–Crippen MR) is 115 cm³/mol. The van der Waals surface area contributed by atoms with Gasteiger partial charge in [-0.15, -0.1) is 0 Å². The Balaban J connectivity index is 1.61. The van der Waals surface area contributed by atoms with E-state index in [0.29, 0.717) is 17.3 Å². The standard InChI is InChI=1S/C22H31N5O/c1-3-4-6-13-23-21-16-20(24-17(2)25-21)22(28)26-18-9-11-19(12-10-18)27-14-7-5-8-15-27/h9-12,16H,3-8,13-15H2,1-2H3,(H,26,28)(H,23,24,25). The minimum Gasteiger partial charge on any atom is -0.372 e. The molecule has 3 rings (SSSR count). The van der Waals surface area contributed by atoms with Crippen molar-refractivity contribution in [3.05, 3.63) is 41.9 Å². The largest absolute Gasteiger partial charge is 0.372 e. The number of carbonyl (C=O) groups excluding carboxylic acids is 1. The van der Waals surface area contributed by atoms with Crippen LogP contribution in [0.15, 0.2) is 30.3 Å². The molecule has 6 nitrogen and oxygen atoms in total. The van der Waals surface area contributed by atoms with Crippen molar-refractivity contribution in [3.8, 4) is 0 Å². The van der Waals surface area contributed by atoms with Crippen LogP contribution in [-0.4, -0.2) is 35.5 Å². The van der Waals surface area contributed by atoms with E-state index in [4.69, 9.17) is 0 Å². The summed E-state index contributed by atoms with van der Waals surface area (Å²) in [5.74, 6) is 1.08. The van der Waals surface area contributed by atoms with E-state index in [9.17, 15) is 4.79 Å². The third-order valence-electron chi connectivity index (χ3n) is 5.00. The Kier molecular flexibility index (Phi) is 7.23. The average molecular weight is 382 g/mol. The minimum absolute atomic E-state index is 0.215. The van der Waals surface area contributed by atoms with Gasteiger partial charge in [0.1, 0.15) is 17.3 Å². The summed E-state index contributed by atoms with van der Waals surface area (Å²) in [6, 6.07) is 9.79. The maximum Gasteiger partial charge on any atom is 0.274 e. The Morgan fingerprint density at radius 2 is 1.82 bits per heavy atom. The average Bonchev–Trinajstić information content (AvgIpc) is 2.72. The highest BCUT2D eigenvalue weighted by atomic mass is 16.1. The second-order valence-electron chi connectivity index (χ2n) is 7.37. The molecule has 0 atom stereocenters. The number of benzene rings is 1. The zero-order chi connectivity index (χ0) is 19.8. The van der Waals surface area contributed by atoms with Gasteiger partial charge >= 0.3 is 0 Å². The number of unbranched alkanes of at least 4 members (excludes halogenated alkanes) is 2. The number of hydrogen-bond acceptors (Lipinski definition) is 5. The summed E-state index contributed by atoms with van der Waals surface area (Å²) in [5.41, 5.74) is 2.37. The van der Waals surface area contributed by atoms with Gasteiger partial charge in [-0.05, 0) is 56.9 Å². The van der Waals surface area contributed by atoms with Crippen LogP contribution in [0.3, 0.4) is 0 Å². The molecule has 1 aromatic heterocycles. The number of piperidine rings is 1. The first kappa shape index (κ1) is 20.1. The fraction of sp³-hybridized carbons (Fsp3) is 0.500. The molecule has 1 aromatic carbocycles. The SMILES string of the molecule is CCCCCNc1cc(C(=O)Nc2ccc(N3CCCCC3)cc2)nc(C)n1. The highest BCUT2D eigenvalue weighted by Crippen LogP contribution is 2.22. The number of nitrogens with one attached hydrogen (secondary N) is 2. The molecule has 1 aliphatic heterocycles. The number of aryl methyl sites for hydroxylation is 1. The summed E-state index contributed by atoms with van der Waals surface area (Å²) >= 11 is 0. The van der Waals surface area contributed by atoms with Gasteiger partial charge in [0.25, 0.3) is 5.91 Å². The van der Waals surface area contributed by atoms with Crippen molar-refractivity contribution in [1.29, 1.82) is 0 Å². The van der Waals surface area contributed by atoms with E-state index in [1.165, 1.54) is 37.8 Å². The van der Waals surface area contributed by atoms with E-state index in [0.717, 1.165) is 31.7 Å². The van der Waals surface area contributed by atoms with E-state index in [1.807, 2.05) is 12.1 Å². The highest BCUT2D eigenvalue weighted by Gasteiger charge is 2.13. The molecular formula is C22H31N5O. The topological polar surface area (TPSA) is 70.2 Å². The quantitative estimate of drug-likeness (QED) is 0.653. The van der Waals surface area contributed by atoms with Gasteiger partial charge in [-0.25, -0.2) is 9.97 Å². The van der Waals surface area contributed by atoms with Gasteiger partial charge in [0, 0.05) is 37.1 Å². The first-order valence-corrected chi connectivity index (χ1v) is 10.4. The second-order valence-corrected chi connectivity index (χ2v) is 7.37. The van der Waals surface area contributed by atoms with Gasteiger partial charge < -0.3 is 15.5 Å². The molecule has 0 radical (unpaired) electrons. The number of hydrogen-bond donors (Lipinski definition) is 2. The summed E-state index contributed by atoms with van der Waals surface area (Å²) in [6.07, 6.45) is 7.26. The molecule has 0 spiro atoms. The molecule has 1 fully saturated rings. The molecule has 2 N–H and O–H groups in total. The van der Waals surface area contributed by atoms with Crippen molar-refractivity contribution in [2.45, 2.75) is 52.4 Å². The van der Waals surface area contributed by atoms with Gasteiger partial charge in [-0.2, -0.15) is 0 Å². The lowest BCUT2D eigenvalue weighted by atomic mass is 10.1. The van der Waals surface area contributed by atoms with Crippen LogP contribution in [0.4, 0.5) is 17.2 Å². The molecule has 0 saturated carbocycles. The minimum atomic E-state index is -0.215. The molecule has 1 aliphatic rings. The zero-order valence-electron chi connectivity index (χ0n) is 17.0. The van der Waals surface area contributed by atoms with Crippen molar-refractivity contribution in [3.63, 3.8) is 0 Å². The second kappa shape index (κ2) is 10.1. The number of amides is 1. The maximum atomic E-state index is 12.6. The van der Waals surface area contributed by atoms with Crippen LogP contribution in [0.25, 0.3) is 0 Å². The van der Waals surface area contributed by atoms with Gasteiger partial charge in [0.2, 0.25) is 0 Å². The fourth-order valence-electron chi connectivity index (χ4n) is 3.47. The Hall–Kier alpha value is -2.63. The molecule has 28 heavy (non-hydrogen) atoms. The van der Waals surface area contributed by atoms with E-state index in [1.54, 1.807) is 13.0 Å². The van der Waals surface area contributed by atoms with Crippen LogP contribution < -0.4 is 15.5 Å². The lowest BCUT2D eigenvalue weighted by Crippen LogP contribution is -2.29. The van der Waals surface area contributed by atoms with Gasteiger partial charge in [0.15, 0.2) is 0 Å². The Morgan fingerprint density at radius 1 is 1.07 bits per heavy atom. The Bertz CT molecular complexity index is 769. The van der Waals surface area contributed by atoms with Crippen LogP contribution in [0.2, 0.25) is 0 Å². The smallest absolute Gasteiger partial charge is 0.274 e. The fourth-order valence-corrected chi connectivity index (χ4v) is 3.47. The predicted octanol–water partition coefficient (Wildman–Crippen LogP) is 4.63. The summed E-state index contributed by atoms with van der Waals surface area (Å²) in [5, 5.41) is 6.23. The molecule has 150 valence electrons. The van der Waals surface area contributed by atoms with Crippen molar-refractivity contribution in [2.24, 2.45) is 0 Å². The van der Waals surface area contributed by atoms with E-state index < -0.39 is 0 Å². The van der Waals surface area contributed by atoms with E-state index in [-0.39, 0.29) is 5.91 Å². The van der Waals surface area contributed by atoms with Crippen molar-refractivity contribution in [2.75, 3.05) is 35.2 Å². The number of carbonyl (C=O) groups is 1. The molecule has 0 bridgehead atoms. The number of nitrogens with zero attached hydrogens (tertiary/aromatic N) is 3. The van der Waals surface area contributed by atoms with E-state index in [2.05, 4.69) is 44.6 Å². The summed E-state index contributed by atoms with van der Waals surface area (Å²) in [4.78, 5) is 23.7. The number of aromatic nitrogens is 2. The molecule has 0 unspecified atom stereocenters. The lowest BCUT2D eigenvalue weighted by Gasteiger charge is -2.28. The van der Waals surface area contributed by atoms with Crippen LogP contribution >= 0.6 is 0 Å². The van der Waals surface area contributed by atoms with Crippen molar-refractivity contribution >= 4 is 23.1 Å². The third-order valence-corrected chi connectivity index (χ3v) is 5.00. The molecule has 6 heteroatoms. The number of anilines is 3. The first-order chi connectivity index (χ1) is 13.7. The number of rotatable bonds is 8. The molecule has 1 amide bonds. The molecule has 2 aromatic rings. The van der Waals surface area contributed by atoms with Crippen molar-refractivity contribution < 1.29 is 4.79 Å². The molecule has 0 aliphatic carbocycles. The Morgan fingerprint density at radius 3 is 2.54 bits per heavy atom. The summed E-state index contributed by atoms with van der Waals surface area (Å²) in [6.45, 7) is 7.06. The lowest BCUT2D eigenvalue weighted by molar-refractivity contribution is 0.102. The monoisotopic (exact) mass is 381 g/mol. The van der Waals surface area contributed by atoms with Crippen LogP contribution in [0.1, 0.15) is 61.8 Å². The van der Waals surface area contributed by atoms with Gasteiger partial charge in [-0.3, -0.25) is 4.79 Å². The molecule has 2 heterocycles. The van der Waals surface area contributed by atoms with Gasteiger partial charge in [0.05, 0.1) is 0 Å². The van der Waals surface area contributed by atoms with Crippen LogP contribution in [-0.2, 0) is 0 Å². The molecular weight excluding hydrogens is 350 g/mol. The molecule has 1 saturated heterocycles. The first-order valence-electron chi connectivity index (χ1n) is 10.4. The summed E-state index contributed by atoms with van der Waals surface area (Å²) in [7, 11) is 0. The highest BCUT2D eigenvalue weighted by molar-refractivity contribution is 6.03. The van der Waals surface area contributed by atoms with Gasteiger partial charge in [-0.1, -0.05) is 19.8 Å². The Labute approximate surface area is 167 Å². The van der Waals surface area contributed by atoms with Crippen molar-refractivity contribution in [1.82, 2.24) is 9.97 Å². The third kappa shape index (κ3) is 5.68.